The molecule has 0 aliphatic heterocycles. The van der Waals surface area contributed by atoms with Crippen molar-refractivity contribution in [3.63, 3.8) is 0 Å². The second-order valence-corrected chi connectivity index (χ2v) is 5.67. The molecule has 4 nitrogen and oxygen atoms in total. The molecule has 3 rings (SSSR count). The molecule has 1 amide bonds. The third-order valence-electron chi connectivity index (χ3n) is 3.35. The van der Waals surface area contributed by atoms with Gasteiger partial charge in [-0.2, -0.15) is 0 Å². The van der Waals surface area contributed by atoms with Gasteiger partial charge in [0.2, 0.25) is 0 Å². The zero-order valence-electron chi connectivity index (χ0n) is 12.7. The molecule has 0 aliphatic rings. The van der Waals surface area contributed by atoms with Gasteiger partial charge >= 0.3 is 0 Å². The maximum atomic E-state index is 12.7. The van der Waals surface area contributed by atoms with E-state index in [1.165, 1.54) is 11.3 Å². The number of carbonyl (C=O) groups is 1. The third kappa shape index (κ3) is 3.57. The molecule has 0 spiro atoms. The molecule has 1 aromatic heterocycles. The van der Waals surface area contributed by atoms with E-state index >= 15 is 0 Å². The first-order valence-corrected chi connectivity index (χ1v) is 8.20. The van der Waals surface area contributed by atoms with Crippen LogP contribution in [0.15, 0.2) is 66.2 Å². The number of amides is 1. The lowest BCUT2D eigenvalue weighted by atomic mass is 10.1. The van der Waals surface area contributed by atoms with E-state index in [9.17, 15) is 4.79 Å². The van der Waals surface area contributed by atoms with Gasteiger partial charge in [0.05, 0.1) is 0 Å². The second kappa shape index (κ2) is 7.07. The predicted octanol–water partition coefficient (Wildman–Crippen LogP) is 4.60. The monoisotopic (exact) mass is 324 g/mol. The van der Waals surface area contributed by atoms with Crippen molar-refractivity contribution in [2.24, 2.45) is 0 Å². The zero-order chi connectivity index (χ0) is 16.1. The van der Waals surface area contributed by atoms with Crippen molar-refractivity contribution in [3.05, 3.63) is 71.7 Å². The largest absolute Gasteiger partial charge is 0.431 e. The minimum Gasteiger partial charge on any atom is -0.431 e. The molecule has 0 aliphatic carbocycles. The van der Waals surface area contributed by atoms with Gasteiger partial charge in [-0.25, -0.2) is 4.98 Å². The van der Waals surface area contributed by atoms with Gasteiger partial charge in [-0.15, -0.1) is 0 Å². The number of benzene rings is 2. The third-order valence-corrected chi connectivity index (χ3v) is 3.99. The number of para-hydroxylation sites is 1. The van der Waals surface area contributed by atoms with Crippen LogP contribution in [0.4, 0.5) is 5.69 Å². The molecule has 23 heavy (non-hydrogen) atoms. The lowest BCUT2D eigenvalue weighted by molar-refractivity contribution is 0.0988. The topological polar surface area (TPSA) is 42.4 Å². The summed E-state index contributed by atoms with van der Waals surface area (Å²) in [6.45, 7) is 2.57. The average molecular weight is 324 g/mol. The van der Waals surface area contributed by atoms with Crippen LogP contribution in [-0.4, -0.2) is 17.4 Å². The first kappa shape index (κ1) is 15.2. The molecule has 5 heteroatoms. The van der Waals surface area contributed by atoms with Crippen LogP contribution >= 0.6 is 11.3 Å². The summed E-state index contributed by atoms with van der Waals surface area (Å²) < 4.78 is 5.61. The fourth-order valence-corrected chi connectivity index (χ4v) is 2.74. The molecule has 0 radical (unpaired) electrons. The SMILES string of the molecule is CCN(C(=O)c1ccc(Oc2nccs2)cc1)c1ccccc1. The molecular weight excluding hydrogens is 308 g/mol. The number of carbonyl (C=O) groups excluding carboxylic acids is 1. The van der Waals surface area contributed by atoms with Gasteiger partial charge in [0.25, 0.3) is 11.1 Å². The van der Waals surface area contributed by atoms with E-state index in [1.54, 1.807) is 35.4 Å². The van der Waals surface area contributed by atoms with E-state index < -0.39 is 0 Å². The van der Waals surface area contributed by atoms with Crippen molar-refractivity contribution in [3.8, 4) is 10.9 Å². The Labute approximate surface area is 139 Å². The van der Waals surface area contributed by atoms with E-state index in [-0.39, 0.29) is 5.91 Å². The van der Waals surface area contributed by atoms with Crippen LogP contribution in [0.2, 0.25) is 0 Å². The number of aromatic nitrogens is 1. The molecule has 116 valence electrons. The zero-order valence-corrected chi connectivity index (χ0v) is 13.5. The average Bonchev–Trinajstić information content (AvgIpc) is 3.10. The summed E-state index contributed by atoms with van der Waals surface area (Å²) in [6.07, 6.45) is 1.69. The molecule has 2 aromatic carbocycles. The Morgan fingerprint density at radius 2 is 1.87 bits per heavy atom. The molecule has 3 aromatic rings. The number of ether oxygens (including phenoxy) is 1. The summed E-state index contributed by atoms with van der Waals surface area (Å²) in [4.78, 5) is 18.5. The highest BCUT2D eigenvalue weighted by Gasteiger charge is 2.15. The minimum absolute atomic E-state index is 0.0282. The highest BCUT2D eigenvalue weighted by atomic mass is 32.1. The van der Waals surface area contributed by atoms with Gasteiger partial charge in [-0.05, 0) is 43.3 Å². The summed E-state index contributed by atoms with van der Waals surface area (Å²) in [6, 6.07) is 16.8. The molecular formula is C18H16N2O2S. The van der Waals surface area contributed by atoms with Crippen LogP contribution in [0.25, 0.3) is 0 Å². The molecule has 1 heterocycles. The summed E-state index contributed by atoms with van der Waals surface area (Å²) >= 11 is 1.43. The Morgan fingerprint density at radius 3 is 2.48 bits per heavy atom. The van der Waals surface area contributed by atoms with Crippen molar-refractivity contribution in [2.75, 3.05) is 11.4 Å². The number of thiazole rings is 1. The van der Waals surface area contributed by atoms with Crippen molar-refractivity contribution < 1.29 is 9.53 Å². The molecule has 0 atom stereocenters. The van der Waals surface area contributed by atoms with Crippen LogP contribution in [0.3, 0.4) is 0 Å². The van der Waals surface area contributed by atoms with Gasteiger partial charge in [-0.3, -0.25) is 4.79 Å². The number of anilines is 1. The molecule has 0 N–H and O–H groups in total. The number of rotatable bonds is 5. The normalized spacial score (nSPS) is 10.3. The summed E-state index contributed by atoms with van der Waals surface area (Å²) in [7, 11) is 0. The lowest BCUT2D eigenvalue weighted by Gasteiger charge is -2.21. The fourth-order valence-electron chi connectivity index (χ4n) is 2.23. The number of nitrogens with zero attached hydrogens (tertiary/aromatic N) is 2. The van der Waals surface area contributed by atoms with Gasteiger partial charge in [0.1, 0.15) is 5.75 Å². The van der Waals surface area contributed by atoms with E-state index in [1.807, 2.05) is 42.6 Å². The highest BCUT2D eigenvalue weighted by Crippen LogP contribution is 2.24. The van der Waals surface area contributed by atoms with Crippen LogP contribution in [0.1, 0.15) is 17.3 Å². The molecule has 0 saturated carbocycles. The maximum Gasteiger partial charge on any atom is 0.278 e. The van der Waals surface area contributed by atoms with Crippen LogP contribution in [0, 0.1) is 0 Å². The van der Waals surface area contributed by atoms with Gasteiger partial charge < -0.3 is 9.64 Å². The predicted molar refractivity (Wildman–Crippen MR) is 92.4 cm³/mol. The highest BCUT2D eigenvalue weighted by molar-refractivity contribution is 7.11. The molecule has 0 unspecified atom stereocenters. The molecule has 0 saturated heterocycles. The summed E-state index contributed by atoms with van der Waals surface area (Å²) in [5.74, 6) is 0.638. The first-order valence-electron chi connectivity index (χ1n) is 7.32. The summed E-state index contributed by atoms with van der Waals surface area (Å²) in [5.41, 5.74) is 1.52. The van der Waals surface area contributed by atoms with E-state index in [0.29, 0.717) is 23.1 Å². The van der Waals surface area contributed by atoms with Gasteiger partial charge in [0, 0.05) is 29.4 Å². The second-order valence-electron chi connectivity index (χ2n) is 4.81. The van der Waals surface area contributed by atoms with Crippen molar-refractivity contribution in [1.82, 2.24) is 4.98 Å². The minimum atomic E-state index is -0.0282. The smallest absolute Gasteiger partial charge is 0.278 e. The Bertz CT molecular complexity index is 755. The fraction of sp³-hybridized carbons (Fsp3) is 0.111. The number of hydrogen-bond acceptors (Lipinski definition) is 4. The van der Waals surface area contributed by atoms with Crippen molar-refractivity contribution in [2.45, 2.75) is 6.92 Å². The first-order chi connectivity index (χ1) is 11.3. The Kier molecular flexibility index (Phi) is 4.68. The molecule has 0 fully saturated rings. The number of hydrogen-bond donors (Lipinski definition) is 0. The van der Waals surface area contributed by atoms with Crippen LogP contribution in [-0.2, 0) is 0 Å². The summed E-state index contributed by atoms with van der Waals surface area (Å²) in [5, 5.41) is 2.44. The van der Waals surface area contributed by atoms with Gasteiger partial charge in [-0.1, -0.05) is 29.5 Å². The standard InChI is InChI=1S/C18H16N2O2S/c1-2-20(15-6-4-3-5-7-15)17(21)14-8-10-16(11-9-14)22-18-19-12-13-23-18/h3-13H,2H2,1H3. The van der Waals surface area contributed by atoms with Crippen LogP contribution in [0.5, 0.6) is 10.9 Å². The molecule has 0 bridgehead atoms. The Balaban J connectivity index is 1.76. The Hall–Kier alpha value is -2.66. The Morgan fingerprint density at radius 1 is 1.13 bits per heavy atom. The van der Waals surface area contributed by atoms with Crippen molar-refractivity contribution in [1.29, 1.82) is 0 Å². The van der Waals surface area contributed by atoms with Gasteiger partial charge in [0.15, 0.2) is 0 Å². The van der Waals surface area contributed by atoms with E-state index in [4.69, 9.17) is 4.74 Å². The van der Waals surface area contributed by atoms with Crippen molar-refractivity contribution >= 4 is 22.9 Å². The lowest BCUT2D eigenvalue weighted by Crippen LogP contribution is -2.30. The van der Waals surface area contributed by atoms with E-state index in [2.05, 4.69) is 4.98 Å². The van der Waals surface area contributed by atoms with E-state index in [0.717, 1.165) is 5.69 Å². The quantitative estimate of drug-likeness (QED) is 0.688. The van der Waals surface area contributed by atoms with Crippen LogP contribution < -0.4 is 9.64 Å². The maximum absolute atomic E-state index is 12.7.